The van der Waals surface area contributed by atoms with Crippen molar-refractivity contribution in [2.75, 3.05) is 11.1 Å². The Balaban J connectivity index is 2.02. The maximum absolute atomic E-state index is 13.3. The molecule has 0 amide bonds. The number of halogens is 2. The van der Waals surface area contributed by atoms with E-state index in [4.69, 9.17) is 0 Å². The fraction of sp³-hybridized carbons (Fsp3) is 0.409. The van der Waals surface area contributed by atoms with Crippen LogP contribution in [0.25, 0.3) is 11.0 Å². The Bertz CT molecular complexity index is 1320. The molecule has 172 valence electrons. The van der Waals surface area contributed by atoms with Crippen LogP contribution in [0.4, 0.5) is 20.4 Å². The lowest BCUT2D eigenvalue weighted by molar-refractivity contribution is 0.149. The number of fused-ring (bicyclic) bond motifs is 1. The molecule has 0 radical (unpaired) electrons. The van der Waals surface area contributed by atoms with Gasteiger partial charge in [0.05, 0.1) is 16.2 Å². The second-order valence-electron chi connectivity index (χ2n) is 8.42. The van der Waals surface area contributed by atoms with Crippen LogP contribution in [-0.2, 0) is 9.84 Å². The van der Waals surface area contributed by atoms with E-state index in [0.29, 0.717) is 16.6 Å². The topological polar surface area (TPSA) is 94.0 Å². The Morgan fingerprint density at radius 2 is 1.81 bits per heavy atom. The van der Waals surface area contributed by atoms with Crippen LogP contribution in [0.2, 0.25) is 0 Å². The number of nitrogens with one attached hydrogen (secondary N) is 1. The van der Waals surface area contributed by atoms with Crippen molar-refractivity contribution >= 4 is 32.5 Å². The lowest BCUT2D eigenvalue weighted by Gasteiger charge is -2.16. The first kappa shape index (κ1) is 23.8. The molecule has 7 nitrogen and oxygen atoms in total. The molecule has 0 atom stereocenters. The maximum atomic E-state index is 13.3. The van der Waals surface area contributed by atoms with Gasteiger partial charge in [0.25, 0.3) is 12.0 Å². The van der Waals surface area contributed by atoms with Gasteiger partial charge >= 0.3 is 0 Å². The van der Waals surface area contributed by atoms with Gasteiger partial charge in [-0.15, -0.1) is 0 Å². The van der Waals surface area contributed by atoms with Crippen LogP contribution >= 0.6 is 0 Å². The Morgan fingerprint density at radius 3 is 2.38 bits per heavy atom. The number of aryl methyl sites for hydroxylation is 1. The van der Waals surface area contributed by atoms with E-state index in [1.165, 1.54) is 16.8 Å². The van der Waals surface area contributed by atoms with Crippen molar-refractivity contribution in [2.24, 2.45) is 5.92 Å². The normalized spacial score (nSPS) is 12.3. The lowest BCUT2D eigenvalue weighted by atomic mass is 10.2. The van der Waals surface area contributed by atoms with Crippen LogP contribution < -0.4 is 10.9 Å². The smallest absolute Gasteiger partial charge is 0.269 e. The molecule has 0 saturated heterocycles. The first-order valence-electron chi connectivity index (χ1n) is 10.2. The molecule has 3 rings (SSSR count). The van der Waals surface area contributed by atoms with Gasteiger partial charge in [0, 0.05) is 23.3 Å². The zero-order valence-electron chi connectivity index (χ0n) is 18.6. The predicted molar refractivity (Wildman–Crippen MR) is 120 cm³/mol. The number of hydrogen-bond acceptors (Lipinski definition) is 6. The molecular formula is C22H26F2N4O3S. The third-order valence-electron chi connectivity index (χ3n) is 4.91. The van der Waals surface area contributed by atoms with Crippen LogP contribution in [-0.4, -0.2) is 28.7 Å². The molecule has 0 aliphatic heterocycles. The largest absolute Gasteiger partial charge is 0.324 e. The summed E-state index contributed by atoms with van der Waals surface area (Å²) < 4.78 is 52.8. The van der Waals surface area contributed by atoms with Crippen LogP contribution in [0.5, 0.6) is 0 Å². The summed E-state index contributed by atoms with van der Waals surface area (Å²) in [6.45, 7) is 8.88. The standard InChI is InChI=1S/C22H26F2N4O3S/c1-12(2)11-32(30,31)16-6-7-18(14(5)8-16)26-22-25-10-15-9-17(19(23)24)21(29)28(13(3)4)20(15)27-22/h6-10,12-13,19H,11H2,1-5H3,(H,25,26,27). The van der Waals surface area contributed by atoms with Crippen molar-refractivity contribution in [3.8, 4) is 0 Å². The summed E-state index contributed by atoms with van der Waals surface area (Å²) in [5.74, 6) is 0.227. The number of sulfone groups is 1. The fourth-order valence-corrected chi connectivity index (χ4v) is 5.16. The summed E-state index contributed by atoms with van der Waals surface area (Å²) in [5.41, 5.74) is 0.122. The van der Waals surface area contributed by atoms with Crippen molar-refractivity contribution in [2.45, 2.75) is 52.0 Å². The van der Waals surface area contributed by atoms with Gasteiger partial charge in [0.15, 0.2) is 9.84 Å². The molecule has 1 aromatic carbocycles. The first-order chi connectivity index (χ1) is 14.9. The third kappa shape index (κ3) is 4.79. The van der Waals surface area contributed by atoms with Gasteiger partial charge < -0.3 is 5.32 Å². The van der Waals surface area contributed by atoms with Gasteiger partial charge in [-0.2, -0.15) is 4.98 Å². The van der Waals surface area contributed by atoms with Crippen LogP contribution in [0, 0.1) is 12.8 Å². The Hall–Kier alpha value is -2.88. The summed E-state index contributed by atoms with van der Waals surface area (Å²) in [5, 5.41) is 3.35. The van der Waals surface area contributed by atoms with Crippen molar-refractivity contribution in [3.63, 3.8) is 0 Å². The molecular weight excluding hydrogens is 438 g/mol. The molecule has 1 N–H and O–H groups in total. The molecule has 2 heterocycles. The van der Waals surface area contributed by atoms with Gasteiger partial charge in [0.1, 0.15) is 5.65 Å². The van der Waals surface area contributed by atoms with Crippen LogP contribution in [0.15, 0.2) is 40.2 Å². The minimum absolute atomic E-state index is 0.00764. The summed E-state index contributed by atoms with van der Waals surface area (Å²) in [6, 6.07) is 5.46. The average molecular weight is 465 g/mol. The third-order valence-corrected chi connectivity index (χ3v) is 6.99. The minimum Gasteiger partial charge on any atom is -0.324 e. The fourth-order valence-electron chi connectivity index (χ4n) is 3.46. The molecule has 0 aliphatic carbocycles. The number of pyridine rings is 1. The number of nitrogens with zero attached hydrogens (tertiary/aromatic N) is 3. The molecule has 0 unspecified atom stereocenters. The molecule has 2 aromatic heterocycles. The quantitative estimate of drug-likeness (QED) is 0.540. The summed E-state index contributed by atoms with van der Waals surface area (Å²) in [6.07, 6.45) is -1.52. The van der Waals surface area contributed by atoms with Crippen LogP contribution in [0.1, 0.15) is 51.3 Å². The van der Waals surface area contributed by atoms with E-state index in [0.717, 1.165) is 6.07 Å². The second kappa shape index (κ2) is 8.93. The van der Waals surface area contributed by atoms with Crippen molar-refractivity contribution in [1.82, 2.24) is 14.5 Å². The number of aromatic nitrogens is 3. The molecule has 0 aliphatic rings. The number of alkyl halides is 2. The highest BCUT2D eigenvalue weighted by Crippen LogP contribution is 2.26. The van der Waals surface area contributed by atoms with E-state index >= 15 is 0 Å². The second-order valence-corrected chi connectivity index (χ2v) is 10.5. The Morgan fingerprint density at radius 1 is 1.12 bits per heavy atom. The van der Waals surface area contributed by atoms with E-state index < -0.39 is 33.4 Å². The molecule has 0 saturated carbocycles. The molecule has 3 aromatic rings. The van der Waals surface area contributed by atoms with Crippen LogP contribution in [0.3, 0.4) is 0 Å². The van der Waals surface area contributed by atoms with Gasteiger partial charge in [0.2, 0.25) is 5.95 Å². The van der Waals surface area contributed by atoms with Crippen molar-refractivity contribution < 1.29 is 17.2 Å². The Labute approximate surface area is 185 Å². The highest BCUT2D eigenvalue weighted by molar-refractivity contribution is 7.91. The molecule has 10 heteroatoms. The molecule has 32 heavy (non-hydrogen) atoms. The van der Waals surface area contributed by atoms with Gasteiger partial charge in [-0.3, -0.25) is 9.36 Å². The van der Waals surface area contributed by atoms with E-state index in [1.807, 2.05) is 13.8 Å². The SMILES string of the molecule is Cc1cc(S(=O)(=O)CC(C)C)ccc1Nc1ncc2cc(C(F)F)c(=O)n(C(C)C)c2n1. The minimum atomic E-state index is -3.39. The van der Waals surface area contributed by atoms with E-state index in [-0.39, 0.29) is 28.2 Å². The lowest BCUT2D eigenvalue weighted by Crippen LogP contribution is -2.26. The summed E-state index contributed by atoms with van der Waals surface area (Å²) >= 11 is 0. The zero-order chi connectivity index (χ0) is 23.8. The van der Waals surface area contributed by atoms with Crippen molar-refractivity contribution in [3.05, 3.63) is 51.9 Å². The summed E-state index contributed by atoms with van der Waals surface area (Å²) in [7, 11) is -3.39. The zero-order valence-corrected chi connectivity index (χ0v) is 19.4. The monoisotopic (exact) mass is 464 g/mol. The maximum Gasteiger partial charge on any atom is 0.269 e. The highest BCUT2D eigenvalue weighted by Gasteiger charge is 2.20. The Kier molecular flexibility index (Phi) is 6.64. The molecule has 0 fully saturated rings. The highest BCUT2D eigenvalue weighted by atomic mass is 32.2. The first-order valence-corrected chi connectivity index (χ1v) is 11.9. The van der Waals surface area contributed by atoms with Gasteiger partial charge in [-0.05, 0) is 56.5 Å². The number of rotatable bonds is 7. The van der Waals surface area contributed by atoms with Gasteiger partial charge in [-0.25, -0.2) is 22.2 Å². The van der Waals surface area contributed by atoms with Gasteiger partial charge in [-0.1, -0.05) is 13.8 Å². The number of anilines is 2. The van der Waals surface area contributed by atoms with E-state index in [1.54, 1.807) is 32.9 Å². The average Bonchev–Trinajstić information content (AvgIpc) is 2.67. The predicted octanol–water partition coefficient (Wildman–Crippen LogP) is 4.79. The summed E-state index contributed by atoms with van der Waals surface area (Å²) in [4.78, 5) is 21.3. The van der Waals surface area contributed by atoms with Crippen molar-refractivity contribution in [1.29, 1.82) is 0 Å². The number of benzene rings is 1. The van der Waals surface area contributed by atoms with E-state index in [2.05, 4.69) is 15.3 Å². The molecule has 0 bridgehead atoms. The molecule has 0 spiro atoms. The van der Waals surface area contributed by atoms with E-state index in [9.17, 15) is 22.0 Å². The number of hydrogen-bond donors (Lipinski definition) is 1.